The van der Waals surface area contributed by atoms with E-state index < -0.39 is 0 Å². The molecular weight excluding hydrogens is 392 g/mol. The molecule has 24 heavy (non-hydrogen) atoms. The minimum atomic E-state index is 0. The van der Waals surface area contributed by atoms with Crippen LogP contribution in [0.25, 0.3) is 0 Å². The summed E-state index contributed by atoms with van der Waals surface area (Å²) in [6.07, 6.45) is 2.16. The van der Waals surface area contributed by atoms with Gasteiger partial charge in [-0.05, 0) is 58.1 Å². The van der Waals surface area contributed by atoms with Gasteiger partial charge in [-0.25, -0.2) is 0 Å². The van der Waals surface area contributed by atoms with Gasteiger partial charge in [0.1, 0.15) is 0 Å². The monoisotopic (exact) mass is 412 g/mol. The number of hydrogen-bond donors (Lipinski definition) is 1. The van der Waals surface area contributed by atoms with Crippen LogP contribution in [0.3, 0.4) is 0 Å². The summed E-state index contributed by atoms with van der Waals surface area (Å²) in [5.41, 5.74) is 10.7. The van der Waals surface area contributed by atoms with Gasteiger partial charge in [0.15, 0.2) is 11.5 Å². The van der Waals surface area contributed by atoms with Crippen molar-refractivity contribution in [3.8, 4) is 11.5 Å². The molecule has 0 atom stereocenters. The van der Waals surface area contributed by atoms with E-state index in [1.165, 1.54) is 11.3 Å². The highest BCUT2D eigenvalue weighted by molar-refractivity contribution is 9.10. The first-order chi connectivity index (χ1) is 11.2. The van der Waals surface area contributed by atoms with Crippen molar-refractivity contribution in [1.82, 2.24) is 0 Å². The van der Waals surface area contributed by atoms with Crippen LogP contribution >= 0.6 is 28.3 Å². The van der Waals surface area contributed by atoms with Gasteiger partial charge in [0.2, 0.25) is 0 Å². The zero-order chi connectivity index (χ0) is 16.4. The molecule has 0 aromatic heterocycles. The summed E-state index contributed by atoms with van der Waals surface area (Å²) in [5.74, 6) is 1.46. The van der Waals surface area contributed by atoms with Gasteiger partial charge >= 0.3 is 0 Å². The van der Waals surface area contributed by atoms with Crippen molar-refractivity contribution in [1.29, 1.82) is 0 Å². The van der Waals surface area contributed by atoms with Gasteiger partial charge in [0.25, 0.3) is 0 Å². The Labute approximate surface area is 157 Å². The van der Waals surface area contributed by atoms with Crippen molar-refractivity contribution in [3.63, 3.8) is 0 Å². The number of nitrogens with two attached hydrogens (primary N) is 1. The molecule has 0 saturated carbocycles. The molecule has 0 aliphatic carbocycles. The molecule has 0 saturated heterocycles. The number of rotatable bonds is 4. The summed E-state index contributed by atoms with van der Waals surface area (Å²) < 4.78 is 11.8. The summed E-state index contributed by atoms with van der Waals surface area (Å²) in [6, 6.07) is 10.2. The molecule has 0 amide bonds. The summed E-state index contributed by atoms with van der Waals surface area (Å²) in [6.45, 7) is 1.83. The van der Waals surface area contributed by atoms with Gasteiger partial charge in [-0.2, -0.15) is 0 Å². The molecule has 130 valence electrons. The first-order valence-electron chi connectivity index (χ1n) is 7.67. The van der Waals surface area contributed by atoms with E-state index in [2.05, 4.69) is 33.0 Å². The minimum Gasteiger partial charge on any atom is -0.493 e. The van der Waals surface area contributed by atoms with E-state index in [0.29, 0.717) is 0 Å². The lowest BCUT2D eigenvalue weighted by atomic mass is 9.99. The van der Waals surface area contributed by atoms with Gasteiger partial charge < -0.3 is 20.1 Å². The standard InChI is InChI=1S/C18H21BrN2O2.ClH/c1-22-16-9-8-12(17(19)18(16)23-2)11-21-10-4-5-13-14(20)6-3-7-15(13)21;/h3,6-9H,4-5,10-11,20H2,1-2H3;1H. The maximum atomic E-state index is 6.14. The minimum absolute atomic E-state index is 0. The van der Waals surface area contributed by atoms with Gasteiger partial charge in [-0.3, -0.25) is 0 Å². The SMILES string of the molecule is COc1ccc(CN2CCCc3c(N)cccc32)c(Br)c1OC.Cl. The molecule has 2 aromatic carbocycles. The van der Waals surface area contributed by atoms with Crippen LogP contribution in [0.5, 0.6) is 11.5 Å². The first-order valence-corrected chi connectivity index (χ1v) is 8.46. The Morgan fingerprint density at radius 3 is 2.67 bits per heavy atom. The third kappa shape index (κ3) is 3.42. The van der Waals surface area contributed by atoms with Crippen LogP contribution in [0.2, 0.25) is 0 Å². The third-order valence-corrected chi connectivity index (χ3v) is 5.18. The van der Waals surface area contributed by atoms with Crippen molar-refractivity contribution in [2.45, 2.75) is 19.4 Å². The summed E-state index contributed by atoms with van der Waals surface area (Å²) in [4.78, 5) is 2.38. The molecule has 1 aliphatic heterocycles. The topological polar surface area (TPSA) is 47.7 Å². The second-order valence-electron chi connectivity index (χ2n) is 5.64. The molecule has 1 aliphatic rings. The smallest absolute Gasteiger partial charge is 0.175 e. The molecule has 0 spiro atoms. The number of benzene rings is 2. The van der Waals surface area contributed by atoms with Crippen LogP contribution in [0, 0.1) is 0 Å². The van der Waals surface area contributed by atoms with E-state index in [1.54, 1.807) is 14.2 Å². The Morgan fingerprint density at radius 2 is 1.96 bits per heavy atom. The number of anilines is 2. The first kappa shape index (κ1) is 18.7. The lowest BCUT2D eigenvalue weighted by Gasteiger charge is -2.32. The zero-order valence-electron chi connectivity index (χ0n) is 13.8. The van der Waals surface area contributed by atoms with Gasteiger partial charge in [0.05, 0.1) is 18.7 Å². The Bertz CT molecular complexity index is 724. The normalized spacial score (nSPS) is 13.0. The Balaban J connectivity index is 0.00000208. The molecule has 0 radical (unpaired) electrons. The lowest BCUT2D eigenvalue weighted by Crippen LogP contribution is -2.29. The number of ether oxygens (including phenoxy) is 2. The quantitative estimate of drug-likeness (QED) is 0.754. The second kappa shape index (κ2) is 7.99. The average molecular weight is 414 g/mol. The molecule has 0 fully saturated rings. The fourth-order valence-electron chi connectivity index (χ4n) is 3.15. The number of methoxy groups -OCH3 is 2. The molecule has 3 rings (SSSR count). The summed E-state index contributed by atoms with van der Waals surface area (Å²) >= 11 is 3.66. The molecule has 2 N–H and O–H groups in total. The largest absolute Gasteiger partial charge is 0.493 e. The highest BCUT2D eigenvalue weighted by Gasteiger charge is 2.21. The van der Waals surface area contributed by atoms with Crippen LogP contribution in [0.15, 0.2) is 34.8 Å². The highest BCUT2D eigenvalue weighted by atomic mass is 79.9. The fourth-order valence-corrected chi connectivity index (χ4v) is 3.76. The van der Waals surface area contributed by atoms with Gasteiger partial charge in [0, 0.05) is 24.5 Å². The van der Waals surface area contributed by atoms with Gasteiger partial charge in [-0.1, -0.05) is 12.1 Å². The van der Waals surface area contributed by atoms with Crippen LogP contribution in [-0.2, 0) is 13.0 Å². The van der Waals surface area contributed by atoms with E-state index in [4.69, 9.17) is 15.2 Å². The second-order valence-corrected chi connectivity index (χ2v) is 6.44. The molecular formula is C18H22BrClN2O2. The van der Waals surface area contributed by atoms with Crippen molar-refractivity contribution in [3.05, 3.63) is 45.9 Å². The summed E-state index contributed by atoms with van der Waals surface area (Å²) in [7, 11) is 3.30. The number of nitrogens with zero attached hydrogens (tertiary/aromatic N) is 1. The number of nitrogen functional groups attached to an aromatic ring is 1. The number of fused-ring (bicyclic) bond motifs is 1. The molecule has 6 heteroatoms. The predicted molar refractivity (Wildman–Crippen MR) is 105 cm³/mol. The van der Waals surface area contributed by atoms with E-state index in [9.17, 15) is 0 Å². The third-order valence-electron chi connectivity index (χ3n) is 4.31. The van der Waals surface area contributed by atoms with E-state index in [-0.39, 0.29) is 12.4 Å². The van der Waals surface area contributed by atoms with E-state index >= 15 is 0 Å². The van der Waals surface area contributed by atoms with Crippen molar-refractivity contribution in [2.24, 2.45) is 0 Å². The van der Waals surface area contributed by atoms with Crippen LogP contribution in [-0.4, -0.2) is 20.8 Å². The lowest BCUT2D eigenvalue weighted by molar-refractivity contribution is 0.352. The van der Waals surface area contributed by atoms with Gasteiger partial charge in [-0.15, -0.1) is 12.4 Å². The van der Waals surface area contributed by atoms with Crippen LogP contribution in [0.1, 0.15) is 17.5 Å². The molecule has 4 nitrogen and oxygen atoms in total. The Morgan fingerprint density at radius 1 is 1.17 bits per heavy atom. The Kier molecular flexibility index (Phi) is 6.24. The molecule has 0 bridgehead atoms. The number of hydrogen-bond acceptors (Lipinski definition) is 4. The maximum absolute atomic E-state index is 6.14. The fraction of sp³-hybridized carbons (Fsp3) is 0.333. The predicted octanol–water partition coefficient (Wildman–Crippen LogP) is 4.42. The zero-order valence-corrected chi connectivity index (χ0v) is 16.2. The van der Waals surface area contributed by atoms with Crippen molar-refractivity contribution in [2.75, 3.05) is 31.4 Å². The molecule has 1 heterocycles. The van der Waals surface area contributed by atoms with E-state index in [1.807, 2.05) is 18.2 Å². The maximum Gasteiger partial charge on any atom is 0.175 e. The van der Waals surface area contributed by atoms with Crippen molar-refractivity contribution < 1.29 is 9.47 Å². The summed E-state index contributed by atoms with van der Waals surface area (Å²) in [5, 5.41) is 0. The number of halogens is 2. The molecule has 0 unspecified atom stereocenters. The highest BCUT2D eigenvalue weighted by Crippen LogP contribution is 2.39. The average Bonchev–Trinajstić information content (AvgIpc) is 2.57. The Hall–Kier alpha value is -1.59. The van der Waals surface area contributed by atoms with Crippen LogP contribution < -0.4 is 20.1 Å². The van der Waals surface area contributed by atoms with E-state index in [0.717, 1.165) is 53.2 Å². The van der Waals surface area contributed by atoms with Crippen molar-refractivity contribution >= 4 is 39.7 Å². The molecule has 2 aromatic rings. The van der Waals surface area contributed by atoms with Crippen LogP contribution in [0.4, 0.5) is 11.4 Å².